The smallest absolute Gasteiger partial charge is 0.407 e. The predicted molar refractivity (Wildman–Crippen MR) is 102 cm³/mol. The van der Waals surface area contributed by atoms with Crippen LogP contribution in [-0.4, -0.2) is 56.1 Å². The fourth-order valence-electron chi connectivity index (χ4n) is 3.36. The Morgan fingerprint density at radius 2 is 1.62 bits per heavy atom. The summed E-state index contributed by atoms with van der Waals surface area (Å²) in [6, 6.07) is 14.7. The molecule has 0 fully saturated rings. The monoisotopic (exact) mass is 399 g/mol. The summed E-state index contributed by atoms with van der Waals surface area (Å²) in [7, 11) is 1.16. The van der Waals surface area contributed by atoms with Gasteiger partial charge in [0.1, 0.15) is 13.2 Å². The second kappa shape index (κ2) is 9.20. The third kappa shape index (κ3) is 4.72. The van der Waals surface area contributed by atoms with Gasteiger partial charge in [-0.3, -0.25) is 0 Å². The van der Waals surface area contributed by atoms with Crippen LogP contribution >= 0.6 is 0 Å². The van der Waals surface area contributed by atoms with Gasteiger partial charge in [0.05, 0.1) is 13.7 Å². The molecular weight excluding hydrogens is 378 g/mol. The molecule has 2 N–H and O–H groups in total. The van der Waals surface area contributed by atoms with Gasteiger partial charge in [0.25, 0.3) is 0 Å². The van der Waals surface area contributed by atoms with Crippen LogP contribution in [0.15, 0.2) is 48.5 Å². The van der Waals surface area contributed by atoms with Crippen LogP contribution in [0.4, 0.5) is 4.79 Å². The summed E-state index contributed by atoms with van der Waals surface area (Å²) in [5.74, 6) is -2.06. The van der Waals surface area contributed by atoms with Gasteiger partial charge in [-0.15, -0.1) is 0 Å². The van der Waals surface area contributed by atoms with E-state index >= 15 is 0 Å². The highest BCUT2D eigenvalue weighted by atomic mass is 16.6. The maximum Gasteiger partial charge on any atom is 0.407 e. The maximum atomic E-state index is 12.2. The highest BCUT2D eigenvalue weighted by Crippen LogP contribution is 2.44. The number of methoxy groups -OCH3 is 1. The fourth-order valence-corrected chi connectivity index (χ4v) is 3.36. The van der Waals surface area contributed by atoms with E-state index < -0.39 is 30.7 Å². The molecule has 1 amide bonds. The van der Waals surface area contributed by atoms with Crippen molar-refractivity contribution in [2.45, 2.75) is 12.0 Å². The van der Waals surface area contributed by atoms with Crippen molar-refractivity contribution in [1.82, 2.24) is 5.32 Å². The van der Waals surface area contributed by atoms with Crippen molar-refractivity contribution in [2.75, 3.05) is 26.9 Å². The molecule has 1 unspecified atom stereocenters. The first kappa shape index (κ1) is 20.3. The van der Waals surface area contributed by atoms with Gasteiger partial charge < -0.3 is 24.6 Å². The van der Waals surface area contributed by atoms with Crippen molar-refractivity contribution in [1.29, 1.82) is 0 Å². The first-order valence-electron chi connectivity index (χ1n) is 9.00. The molecule has 0 bridgehead atoms. The van der Waals surface area contributed by atoms with Gasteiger partial charge in [-0.2, -0.15) is 0 Å². The third-order valence-corrected chi connectivity index (χ3v) is 4.63. The second-order valence-electron chi connectivity index (χ2n) is 6.45. The Balaban J connectivity index is 1.64. The molecule has 0 spiro atoms. The number of carbonyl (C=O) groups is 3. The van der Waals surface area contributed by atoms with Crippen molar-refractivity contribution in [3.05, 3.63) is 59.7 Å². The number of amides is 1. The molecule has 152 valence electrons. The molecule has 2 aromatic rings. The summed E-state index contributed by atoms with van der Waals surface area (Å²) >= 11 is 0. The minimum Gasteiger partial charge on any atom is -0.480 e. The van der Waals surface area contributed by atoms with E-state index in [1.165, 1.54) is 0 Å². The highest BCUT2D eigenvalue weighted by Gasteiger charge is 2.30. The number of aliphatic carboxylic acids is 1. The van der Waals surface area contributed by atoms with E-state index in [4.69, 9.17) is 14.6 Å². The van der Waals surface area contributed by atoms with Crippen LogP contribution in [0.3, 0.4) is 0 Å². The number of benzene rings is 2. The quantitative estimate of drug-likeness (QED) is 0.655. The summed E-state index contributed by atoms with van der Waals surface area (Å²) in [4.78, 5) is 34.6. The molecule has 0 saturated carbocycles. The number of rotatable bonds is 8. The summed E-state index contributed by atoms with van der Waals surface area (Å²) in [5.41, 5.74) is 4.34. The number of hydrogen-bond acceptors (Lipinski definition) is 6. The number of carboxylic acids is 1. The number of nitrogens with one attached hydrogen (secondary N) is 1. The molecule has 1 aliphatic rings. The van der Waals surface area contributed by atoms with Crippen LogP contribution in [0, 0.1) is 0 Å². The van der Waals surface area contributed by atoms with Gasteiger partial charge in [0.2, 0.25) is 0 Å². The molecule has 0 saturated heterocycles. The first-order valence-corrected chi connectivity index (χ1v) is 9.00. The molecule has 0 radical (unpaired) electrons. The normalized spacial score (nSPS) is 13.1. The van der Waals surface area contributed by atoms with E-state index in [9.17, 15) is 14.4 Å². The van der Waals surface area contributed by atoms with Crippen LogP contribution in [0.1, 0.15) is 17.0 Å². The molecule has 29 heavy (non-hydrogen) atoms. The summed E-state index contributed by atoms with van der Waals surface area (Å²) in [6.07, 6.45) is -0.818. The van der Waals surface area contributed by atoms with Crippen LogP contribution in [0.5, 0.6) is 0 Å². The molecule has 3 rings (SSSR count). The van der Waals surface area contributed by atoms with E-state index in [0.717, 1.165) is 29.4 Å². The number of esters is 1. The maximum absolute atomic E-state index is 12.2. The Morgan fingerprint density at radius 3 is 2.17 bits per heavy atom. The molecule has 2 aromatic carbocycles. The van der Waals surface area contributed by atoms with Gasteiger partial charge in [-0.05, 0) is 22.3 Å². The van der Waals surface area contributed by atoms with Crippen molar-refractivity contribution < 1.29 is 33.7 Å². The molecule has 0 aliphatic heterocycles. The van der Waals surface area contributed by atoms with E-state index in [-0.39, 0.29) is 19.1 Å². The number of ether oxygens (including phenoxy) is 3. The van der Waals surface area contributed by atoms with Gasteiger partial charge in [-0.1, -0.05) is 48.5 Å². The lowest BCUT2D eigenvalue weighted by Crippen LogP contribution is -2.45. The summed E-state index contributed by atoms with van der Waals surface area (Å²) < 4.78 is 14.8. The molecule has 8 heteroatoms. The topological polar surface area (TPSA) is 111 Å². The third-order valence-electron chi connectivity index (χ3n) is 4.63. The predicted octanol–water partition coefficient (Wildman–Crippen LogP) is 2.17. The Labute approximate surface area is 167 Å². The molecule has 0 heterocycles. The van der Waals surface area contributed by atoms with Crippen LogP contribution in [0.25, 0.3) is 11.1 Å². The number of carboxylic acid groups (broad SMARTS) is 1. The zero-order chi connectivity index (χ0) is 20.8. The number of fused-ring (bicyclic) bond motifs is 3. The zero-order valence-corrected chi connectivity index (χ0v) is 15.8. The Bertz CT molecular complexity index is 866. The Kier molecular flexibility index (Phi) is 6.46. The van der Waals surface area contributed by atoms with Crippen LogP contribution < -0.4 is 5.32 Å². The first-order chi connectivity index (χ1) is 14.0. The van der Waals surface area contributed by atoms with Crippen molar-refractivity contribution in [2.24, 2.45) is 0 Å². The van der Waals surface area contributed by atoms with Gasteiger partial charge in [0, 0.05) is 5.92 Å². The van der Waals surface area contributed by atoms with Crippen molar-refractivity contribution >= 4 is 18.0 Å². The van der Waals surface area contributed by atoms with Gasteiger partial charge in [0.15, 0.2) is 6.04 Å². The minimum absolute atomic E-state index is 0.0870. The van der Waals surface area contributed by atoms with E-state index in [1.54, 1.807) is 0 Å². The number of hydrogen-bond donors (Lipinski definition) is 2. The molecule has 8 nitrogen and oxygen atoms in total. The number of carbonyl (C=O) groups excluding carboxylic acids is 2. The SMILES string of the molecule is COC(=O)C(COCC(=O)O)NC(=O)OCC1c2ccccc2-c2ccccc21. The Morgan fingerprint density at radius 1 is 1.03 bits per heavy atom. The van der Waals surface area contributed by atoms with Crippen molar-refractivity contribution in [3.63, 3.8) is 0 Å². The highest BCUT2D eigenvalue weighted by molar-refractivity contribution is 5.82. The van der Waals surface area contributed by atoms with Gasteiger partial charge in [-0.25, -0.2) is 14.4 Å². The summed E-state index contributed by atoms with van der Waals surface area (Å²) in [6.45, 7) is -0.854. The lowest BCUT2D eigenvalue weighted by Gasteiger charge is -2.18. The largest absolute Gasteiger partial charge is 0.480 e. The molecular formula is C21H21NO7. The Hall–Kier alpha value is -3.39. The van der Waals surface area contributed by atoms with Crippen LogP contribution in [-0.2, 0) is 23.8 Å². The lowest BCUT2D eigenvalue weighted by atomic mass is 9.98. The second-order valence-corrected chi connectivity index (χ2v) is 6.45. The molecule has 1 atom stereocenters. The summed E-state index contributed by atoms with van der Waals surface area (Å²) in [5, 5.41) is 11.0. The zero-order valence-electron chi connectivity index (χ0n) is 15.8. The van der Waals surface area contributed by atoms with E-state index in [2.05, 4.69) is 10.1 Å². The fraction of sp³-hybridized carbons (Fsp3) is 0.286. The van der Waals surface area contributed by atoms with Gasteiger partial charge >= 0.3 is 18.0 Å². The molecule has 1 aliphatic carbocycles. The number of alkyl carbamates (subject to hydrolysis) is 1. The van der Waals surface area contributed by atoms with Crippen molar-refractivity contribution in [3.8, 4) is 11.1 Å². The lowest BCUT2D eigenvalue weighted by molar-refractivity contribution is -0.148. The van der Waals surface area contributed by atoms with Crippen LogP contribution in [0.2, 0.25) is 0 Å². The van der Waals surface area contributed by atoms with E-state index in [1.807, 2.05) is 48.5 Å². The standard InChI is InChI=1S/C21H21NO7/c1-27-20(25)18(11-28-12-19(23)24)22-21(26)29-10-17-15-8-4-2-6-13(15)14-7-3-5-9-16(14)17/h2-9,17-18H,10-12H2,1H3,(H,22,26)(H,23,24). The van der Waals surface area contributed by atoms with E-state index in [0.29, 0.717) is 0 Å². The minimum atomic E-state index is -1.19. The average molecular weight is 399 g/mol. The molecule has 0 aromatic heterocycles. The average Bonchev–Trinajstić information content (AvgIpc) is 3.04.